The quantitative estimate of drug-likeness (QED) is 0.582. The SMILES string of the molecule is Br.COc1ccccc1N1CCN(CC(N)c2nc3c(OC)cccc3s2)CC1. The van der Waals surface area contributed by atoms with Gasteiger partial charge in [0.1, 0.15) is 22.0 Å². The molecule has 0 bridgehead atoms. The van der Waals surface area contributed by atoms with Crippen molar-refractivity contribution < 1.29 is 9.47 Å². The zero-order valence-corrected chi connectivity index (χ0v) is 19.2. The molecule has 1 atom stereocenters. The highest BCUT2D eigenvalue weighted by atomic mass is 79.9. The second kappa shape index (κ2) is 9.75. The Balaban J connectivity index is 0.00000240. The van der Waals surface area contributed by atoms with Crippen LogP contribution in [0.3, 0.4) is 0 Å². The lowest BCUT2D eigenvalue weighted by Crippen LogP contribution is -2.48. The number of anilines is 1. The van der Waals surface area contributed by atoms with E-state index < -0.39 is 0 Å². The monoisotopic (exact) mass is 478 g/mol. The lowest BCUT2D eigenvalue weighted by Gasteiger charge is -2.37. The molecule has 4 rings (SSSR count). The number of halogens is 1. The number of hydrogen-bond donors (Lipinski definition) is 1. The predicted molar refractivity (Wildman–Crippen MR) is 125 cm³/mol. The number of nitrogens with two attached hydrogens (primary N) is 1. The van der Waals surface area contributed by atoms with Crippen molar-refractivity contribution in [1.29, 1.82) is 0 Å². The van der Waals surface area contributed by atoms with Gasteiger partial charge >= 0.3 is 0 Å². The van der Waals surface area contributed by atoms with E-state index in [1.54, 1.807) is 25.6 Å². The minimum atomic E-state index is -0.0973. The van der Waals surface area contributed by atoms with Crippen LogP contribution in [0.25, 0.3) is 10.2 Å². The van der Waals surface area contributed by atoms with Gasteiger partial charge in [-0.25, -0.2) is 4.98 Å². The van der Waals surface area contributed by atoms with Crippen molar-refractivity contribution in [1.82, 2.24) is 9.88 Å². The molecule has 3 aromatic rings. The summed E-state index contributed by atoms with van der Waals surface area (Å²) in [5.41, 5.74) is 8.57. The highest BCUT2D eigenvalue weighted by molar-refractivity contribution is 8.93. The second-order valence-electron chi connectivity index (χ2n) is 6.93. The van der Waals surface area contributed by atoms with Crippen molar-refractivity contribution in [2.75, 3.05) is 51.8 Å². The lowest BCUT2D eigenvalue weighted by atomic mass is 10.2. The van der Waals surface area contributed by atoms with Crippen LogP contribution in [-0.2, 0) is 0 Å². The number of fused-ring (bicyclic) bond motifs is 1. The summed E-state index contributed by atoms with van der Waals surface area (Å²) in [6.45, 7) is 4.67. The zero-order chi connectivity index (χ0) is 19.5. The number of piperazine rings is 1. The van der Waals surface area contributed by atoms with Crippen molar-refractivity contribution in [2.24, 2.45) is 5.73 Å². The fourth-order valence-corrected chi connectivity index (χ4v) is 4.66. The minimum absolute atomic E-state index is 0. The third kappa shape index (κ3) is 4.66. The van der Waals surface area contributed by atoms with E-state index in [0.717, 1.165) is 65.1 Å². The van der Waals surface area contributed by atoms with Gasteiger partial charge in [-0.05, 0) is 24.3 Å². The summed E-state index contributed by atoms with van der Waals surface area (Å²) in [6.07, 6.45) is 0. The first-order valence-electron chi connectivity index (χ1n) is 9.49. The summed E-state index contributed by atoms with van der Waals surface area (Å²) in [4.78, 5) is 9.54. The maximum atomic E-state index is 6.50. The molecule has 8 heteroatoms. The Morgan fingerprint density at radius 1 is 1.00 bits per heavy atom. The predicted octanol–water partition coefficient (Wildman–Crippen LogP) is 3.71. The van der Waals surface area contributed by atoms with Crippen molar-refractivity contribution in [3.05, 3.63) is 47.5 Å². The van der Waals surface area contributed by atoms with Crippen LogP contribution < -0.4 is 20.1 Å². The van der Waals surface area contributed by atoms with Crippen LogP contribution in [0.15, 0.2) is 42.5 Å². The van der Waals surface area contributed by atoms with Crippen molar-refractivity contribution in [3.63, 3.8) is 0 Å². The Bertz CT molecular complexity index is 943. The molecule has 0 aliphatic carbocycles. The first-order valence-corrected chi connectivity index (χ1v) is 10.3. The van der Waals surface area contributed by atoms with Gasteiger partial charge in [0.05, 0.1) is 30.6 Å². The number of ether oxygens (including phenoxy) is 2. The Kier molecular flexibility index (Phi) is 7.34. The van der Waals surface area contributed by atoms with Gasteiger partial charge in [0, 0.05) is 32.7 Å². The van der Waals surface area contributed by atoms with Gasteiger partial charge in [0.25, 0.3) is 0 Å². The summed E-state index contributed by atoms with van der Waals surface area (Å²) in [5.74, 6) is 1.73. The molecule has 2 heterocycles. The lowest BCUT2D eigenvalue weighted by molar-refractivity contribution is 0.242. The molecule has 2 N–H and O–H groups in total. The summed E-state index contributed by atoms with van der Waals surface area (Å²) < 4.78 is 12.0. The number of hydrogen-bond acceptors (Lipinski definition) is 7. The van der Waals surface area contributed by atoms with Crippen molar-refractivity contribution in [2.45, 2.75) is 6.04 Å². The van der Waals surface area contributed by atoms with Crippen LogP contribution >= 0.6 is 28.3 Å². The van der Waals surface area contributed by atoms with E-state index in [0.29, 0.717) is 0 Å². The molecule has 2 aromatic carbocycles. The van der Waals surface area contributed by atoms with E-state index in [1.165, 1.54) is 0 Å². The molecule has 29 heavy (non-hydrogen) atoms. The average Bonchev–Trinajstić information content (AvgIpc) is 3.19. The third-order valence-corrected chi connectivity index (χ3v) is 6.34. The first-order chi connectivity index (χ1) is 13.7. The van der Waals surface area contributed by atoms with Crippen LogP contribution in [0.4, 0.5) is 5.69 Å². The Labute approximate surface area is 186 Å². The molecule has 0 radical (unpaired) electrons. The van der Waals surface area contributed by atoms with E-state index in [-0.39, 0.29) is 23.0 Å². The summed E-state index contributed by atoms with van der Waals surface area (Å²) in [7, 11) is 3.40. The topological polar surface area (TPSA) is 63.9 Å². The maximum absolute atomic E-state index is 6.50. The van der Waals surface area contributed by atoms with Crippen LogP contribution in [0.5, 0.6) is 11.5 Å². The first kappa shape index (κ1) is 21.8. The fraction of sp³-hybridized carbons (Fsp3) is 0.381. The van der Waals surface area contributed by atoms with Gasteiger partial charge in [0.15, 0.2) is 0 Å². The Morgan fingerprint density at radius 2 is 1.69 bits per heavy atom. The van der Waals surface area contributed by atoms with E-state index in [1.807, 2.05) is 24.3 Å². The minimum Gasteiger partial charge on any atom is -0.495 e. The molecule has 1 aromatic heterocycles. The highest BCUT2D eigenvalue weighted by Gasteiger charge is 2.23. The number of thiazole rings is 1. The zero-order valence-electron chi connectivity index (χ0n) is 16.7. The van der Waals surface area contributed by atoms with Gasteiger partial charge in [-0.15, -0.1) is 28.3 Å². The second-order valence-corrected chi connectivity index (χ2v) is 7.99. The molecule has 0 saturated carbocycles. The maximum Gasteiger partial charge on any atom is 0.145 e. The molecule has 156 valence electrons. The highest BCUT2D eigenvalue weighted by Crippen LogP contribution is 2.32. The van der Waals surface area contributed by atoms with E-state index in [9.17, 15) is 0 Å². The summed E-state index contributed by atoms with van der Waals surface area (Å²) in [5, 5.41) is 0.964. The van der Waals surface area contributed by atoms with Crippen molar-refractivity contribution in [3.8, 4) is 11.5 Å². The van der Waals surface area contributed by atoms with E-state index >= 15 is 0 Å². The third-order valence-electron chi connectivity index (χ3n) is 5.19. The standard InChI is InChI=1S/C21H26N4O2S.BrH/c1-26-17-7-4-3-6-16(17)25-12-10-24(11-13-25)14-15(22)21-23-20-18(27-2)8-5-9-19(20)28-21;/h3-9,15H,10-14,22H2,1-2H3;1H. The van der Waals surface area contributed by atoms with E-state index in [4.69, 9.17) is 20.2 Å². The molecule has 1 aliphatic rings. The molecule has 1 aliphatic heterocycles. The molecular formula is C21H27BrN4O2S. The number of rotatable bonds is 6. The Hall–Kier alpha value is -1.87. The molecule has 6 nitrogen and oxygen atoms in total. The van der Waals surface area contributed by atoms with Gasteiger partial charge in [-0.1, -0.05) is 18.2 Å². The molecule has 0 amide bonds. The number of aromatic nitrogens is 1. The van der Waals surface area contributed by atoms with Gasteiger partial charge < -0.3 is 20.1 Å². The molecule has 1 fully saturated rings. The number of para-hydroxylation sites is 3. The summed E-state index contributed by atoms with van der Waals surface area (Å²) >= 11 is 1.66. The number of methoxy groups -OCH3 is 2. The van der Waals surface area contributed by atoms with Crippen LogP contribution in [0.1, 0.15) is 11.0 Å². The fourth-order valence-electron chi connectivity index (χ4n) is 3.68. The smallest absolute Gasteiger partial charge is 0.145 e. The average molecular weight is 479 g/mol. The molecular weight excluding hydrogens is 452 g/mol. The number of nitrogens with zero attached hydrogens (tertiary/aromatic N) is 3. The van der Waals surface area contributed by atoms with Crippen LogP contribution in [-0.4, -0.2) is 56.8 Å². The summed E-state index contributed by atoms with van der Waals surface area (Å²) in [6, 6.07) is 14.1. The van der Waals surface area contributed by atoms with Crippen molar-refractivity contribution >= 4 is 44.2 Å². The number of benzene rings is 2. The van der Waals surface area contributed by atoms with E-state index in [2.05, 4.69) is 28.0 Å². The Morgan fingerprint density at radius 3 is 2.41 bits per heavy atom. The largest absolute Gasteiger partial charge is 0.495 e. The normalized spacial score (nSPS) is 15.8. The van der Waals surface area contributed by atoms with Gasteiger partial charge in [0.2, 0.25) is 0 Å². The molecule has 1 unspecified atom stereocenters. The van der Waals surface area contributed by atoms with Gasteiger partial charge in [-0.2, -0.15) is 0 Å². The van der Waals surface area contributed by atoms with Crippen LogP contribution in [0, 0.1) is 0 Å². The van der Waals surface area contributed by atoms with Crippen LogP contribution in [0.2, 0.25) is 0 Å². The molecule has 0 spiro atoms. The van der Waals surface area contributed by atoms with Gasteiger partial charge in [-0.3, -0.25) is 4.90 Å². The molecule has 1 saturated heterocycles.